The molecule has 6 heteroatoms. The van der Waals surface area contributed by atoms with E-state index < -0.39 is 0 Å². The Hall–Kier alpha value is -0.460. The van der Waals surface area contributed by atoms with Crippen molar-refractivity contribution in [3.63, 3.8) is 0 Å². The Labute approximate surface area is 122 Å². The lowest BCUT2D eigenvalue weighted by Crippen LogP contribution is -2.40. The van der Waals surface area contributed by atoms with Crippen LogP contribution in [0.2, 0.25) is 0 Å². The second-order valence-corrected chi connectivity index (χ2v) is 6.21. The number of nitrogens with two attached hydrogens (primary N) is 1. The predicted molar refractivity (Wildman–Crippen MR) is 80.4 cm³/mol. The van der Waals surface area contributed by atoms with Crippen molar-refractivity contribution in [3.8, 4) is 0 Å². The lowest BCUT2D eigenvalue weighted by atomic mass is 9.98. The number of hydrogen-bond acceptors (Lipinski definition) is 3. The van der Waals surface area contributed by atoms with Crippen molar-refractivity contribution in [2.75, 3.05) is 13.1 Å². The van der Waals surface area contributed by atoms with Crippen LogP contribution in [0.5, 0.6) is 0 Å². The molecule has 1 fully saturated rings. The molecule has 0 aromatic carbocycles. The van der Waals surface area contributed by atoms with Gasteiger partial charge in [-0.05, 0) is 42.2 Å². The summed E-state index contributed by atoms with van der Waals surface area (Å²) >= 11 is 8.72. The maximum absolute atomic E-state index is 5.76. The zero-order valence-corrected chi connectivity index (χ0v) is 13.2. The van der Waals surface area contributed by atoms with Crippen LogP contribution in [-0.4, -0.2) is 32.8 Å². The number of rotatable bonds is 3. The van der Waals surface area contributed by atoms with Gasteiger partial charge >= 0.3 is 0 Å². The lowest BCUT2D eigenvalue weighted by molar-refractivity contribution is 0.192. The molecule has 18 heavy (non-hydrogen) atoms. The maximum atomic E-state index is 5.76. The van der Waals surface area contributed by atoms with Gasteiger partial charge in [-0.25, -0.2) is 0 Å². The number of halogens is 1. The van der Waals surface area contributed by atoms with Crippen LogP contribution in [-0.2, 0) is 13.6 Å². The Morgan fingerprint density at radius 1 is 1.61 bits per heavy atom. The Morgan fingerprint density at radius 2 is 2.33 bits per heavy atom. The van der Waals surface area contributed by atoms with Crippen molar-refractivity contribution in [1.29, 1.82) is 0 Å². The van der Waals surface area contributed by atoms with Crippen LogP contribution >= 0.6 is 28.1 Å². The van der Waals surface area contributed by atoms with Crippen LogP contribution in [0.15, 0.2) is 4.47 Å². The molecule has 1 saturated heterocycles. The van der Waals surface area contributed by atoms with E-state index in [1.54, 1.807) is 0 Å². The molecule has 4 nitrogen and oxygen atoms in total. The summed E-state index contributed by atoms with van der Waals surface area (Å²) in [5, 5.41) is 4.42. The van der Waals surface area contributed by atoms with Gasteiger partial charge in [0.25, 0.3) is 0 Å². The SMILES string of the molecule is Cc1nn(C)c(CN2CCCC(C(N)=S)C2)c1Br. The molecule has 0 spiro atoms. The monoisotopic (exact) mass is 330 g/mol. The summed E-state index contributed by atoms with van der Waals surface area (Å²) in [5.74, 6) is 0.363. The van der Waals surface area contributed by atoms with Crippen LogP contribution in [0.4, 0.5) is 0 Å². The van der Waals surface area contributed by atoms with Gasteiger partial charge in [0.2, 0.25) is 0 Å². The van der Waals surface area contributed by atoms with Crippen LogP contribution < -0.4 is 5.73 Å². The van der Waals surface area contributed by atoms with E-state index in [4.69, 9.17) is 18.0 Å². The fraction of sp³-hybridized carbons (Fsp3) is 0.667. The second kappa shape index (κ2) is 5.67. The average molecular weight is 331 g/mol. The number of nitrogens with zero attached hydrogens (tertiary/aromatic N) is 3. The Bertz CT molecular complexity index is 457. The highest BCUT2D eigenvalue weighted by Gasteiger charge is 2.23. The first kappa shape index (κ1) is 14.0. The van der Waals surface area contributed by atoms with E-state index in [0.29, 0.717) is 10.9 Å². The molecule has 0 saturated carbocycles. The number of thiocarbonyl (C=S) groups is 1. The highest BCUT2D eigenvalue weighted by molar-refractivity contribution is 9.10. The molecule has 100 valence electrons. The van der Waals surface area contributed by atoms with Crippen molar-refractivity contribution in [1.82, 2.24) is 14.7 Å². The molecule has 1 aliphatic heterocycles. The van der Waals surface area contributed by atoms with Crippen molar-refractivity contribution < 1.29 is 0 Å². The molecule has 1 aromatic heterocycles. The number of hydrogen-bond donors (Lipinski definition) is 1. The summed E-state index contributed by atoms with van der Waals surface area (Å²) in [4.78, 5) is 3.06. The number of aromatic nitrogens is 2. The van der Waals surface area contributed by atoms with Crippen molar-refractivity contribution in [3.05, 3.63) is 15.9 Å². The summed E-state index contributed by atoms with van der Waals surface area (Å²) in [6, 6.07) is 0. The number of piperidine rings is 1. The van der Waals surface area contributed by atoms with Crippen molar-refractivity contribution in [2.45, 2.75) is 26.3 Å². The molecular weight excluding hydrogens is 312 g/mol. The third-order valence-corrected chi connectivity index (χ3v) is 4.91. The van der Waals surface area contributed by atoms with Crippen molar-refractivity contribution >= 4 is 33.1 Å². The molecule has 1 unspecified atom stereocenters. The zero-order valence-electron chi connectivity index (χ0n) is 10.8. The minimum Gasteiger partial charge on any atom is -0.393 e. The molecule has 0 bridgehead atoms. The molecule has 2 N–H and O–H groups in total. The van der Waals surface area contributed by atoms with Crippen LogP contribution in [0.25, 0.3) is 0 Å². The minimum absolute atomic E-state index is 0.363. The summed E-state index contributed by atoms with van der Waals surface area (Å²) in [7, 11) is 1.99. The first-order chi connectivity index (χ1) is 8.49. The molecule has 1 aromatic rings. The van der Waals surface area contributed by atoms with Gasteiger partial charge in [0.05, 0.1) is 20.8 Å². The predicted octanol–water partition coefficient (Wildman–Crippen LogP) is 1.99. The van der Waals surface area contributed by atoms with E-state index in [1.807, 2.05) is 18.7 Å². The molecule has 2 rings (SSSR count). The highest BCUT2D eigenvalue weighted by Crippen LogP contribution is 2.24. The van der Waals surface area contributed by atoms with Gasteiger partial charge < -0.3 is 5.73 Å². The van der Waals surface area contributed by atoms with Gasteiger partial charge in [-0.2, -0.15) is 5.10 Å². The van der Waals surface area contributed by atoms with E-state index in [0.717, 1.165) is 42.6 Å². The van der Waals surface area contributed by atoms with Crippen molar-refractivity contribution in [2.24, 2.45) is 18.7 Å². The van der Waals surface area contributed by atoms with Crippen LogP contribution in [0, 0.1) is 12.8 Å². The minimum atomic E-state index is 0.363. The van der Waals surface area contributed by atoms with Gasteiger partial charge in [-0.1, -0.05) is 12.2 Å². The smallest absolute Gasteiger partial charge is 0.0771 e. The Kier molecular flexibility index (Phi) is 4.40. The van der Waals surface area contributed by atoms with Gasteiger partial charge in [0, 0.05) is 26.1 Å². The van der Waals surface area contributed by atoms with Gasteiger partial charge in [0.1, 0.15) is 0 Å². The first-order valence-electron chi connectivity index (χ1n) is 6.18. The third kappa shape index (κ3) is 2.92. The quantitative estimate of drug-likeness (QED) is 0.861. The second-order valence-electron chi connectivity index (χ2n) is 4.95. The fourth-order valence-corrected chi connectivity index (χ4v) is 3.15. The molecule has 1 aliphatic rings. The number of aryl methyl sites for hydroxylation is 2. The third-order valence-electron chi connectivity index (χ3n) is 3.54. The van der Waals surface area contributed by atoms with E-state index in [2.05, 4.69) is 25.9 Å². The zero-order chi connectivity index (χ0) is 13.3. The topological polar surface area (TPSA) is 47.1 Å². The Balaban J connectivity index is 2.07. The van der Waals surface area contributed by atoms with E-state index in [-0.39, 0.29) is 0 Å². The molecular formula is C12H19BrN4S. The standard InChI is InChI=1S/C12H19BrN4S/c1-8-11(13)10(16(2)15-8)7-17-5-3-4-9(6-17)12(14)18/h9H,3-7H2,1-2H3,(H2,14,18). The van der Waals surface area contributed by atoms with E-state index in [9.17, 15) is 0 Å². The van der Waals surface area contributed by atoms with Gasteiger partial charge in [-0.15, -0.1) is 0 Å². The van der Waals surface area contributed by atoms with E-state index in [1.165, 1.54) is 5.69 Å². The van der Waals surface area contributed by atoms with E-state index >= 15 is 0 Å². The summed E-state index contributed by atoms with van der Waals surface area (Å²) in [5.41, 5.74) is 8.02. The normalized spacial score (nSPS) is 21.2. The summed E-state index contributed by atoms with van der Waals surface area (Å²) in [6.07, 6.45) is 2.29. The summed E-state index contributed by atoms with van der Waals surface area (Å²) in [6.45, 7) is 4.99. The maximum Gasteiger partial charge on any atom is 0.0771 e. The molecule has 0 radical (unpaired) electrons. The summed E-state index contributed by atoms with van der Waals surface area (Å²) < 4.78 is 3.06. The lowest BCUT2D eigenvalue weighted by Gasteiger charge is -2.32. The molecule has 2 heterocycles. The van der Waals surface area contributed by atoms with Crippen LogP contribution in [0.3, 0.4) is 0 Å². The molecule has 1 atom stereocenters. The number of likely N-dealkylation sites (tertiary alicyclic amines) is 1. The Morgan fingerprint density at radius 3 is 2.89 bits per heavy atom. The fourth-order valence-electron chi connectivity index (χ4n) is 2.50. The average Bonchev–Trinajstić information content (AvgIpc) is 2.56. The van der Waals surface area contributed by atoms with Gasteiger partial charge in [-0.3, -0.25) is 9.58 Å². The van der Waals surface area contributed by atoms with Gasteiger partial charge in [0.15, 0.2) is 0 Å². The van der Waals surface area contributed by atoms with Crippen LogP contribution in [0.1, 0.15) is 24.2 Å². The highest BCUT2D eigenvalue weighted by atomic mass is 79.9. The first-order valence-corrected chi connectivity index (χ1v) is 7.38. The molecule has 0 aliphatic carbocycles. The molecule has 0 amide bonds. The largest absolute Gasteiger partial charge is 0.393 e.